The maximum atomic E-state index is 12.4. The summed E-state index contributed by atoms with van der Waals surface area (Å²) < 4.78 is 0. The first-order valence-electron chi connectivity index (χ1n) is 15.2. The molecular weight excluding hydrogens is 566 g/mol. The number of hydrogen-bond acceptors (Lipinski definition) is 3. The van der Waals surface area contributed by atoms with E-state index in [1.165, 1.54) is 0 Å². The Labute approximate surface area is 271 Å². The van der Waals surface area contributed by atoms with Crippen molar-refractivity contribution in [1.29, 1.82) is 0 Å². The number of hydrogen-bond donors (Lipinski definition) is 2. The number of rotatable bonds is 6. The van der Waals surface area contributed by atoms with Gasteiger partial charge in [0.2, 0.25) is 0 Å². The molecule has 0 saturated carbocycles. The van der Waals surface area contributed by atoms with E-state index in [1.807, 2.05) is 153 Å². The van der Waals surface area contributed by atoms with Gasteiger partial charge < -0.3 is 5.32 Å². The topological polar surface area (TPSA) is 64.9 Å². The number of nitrogens with one attached hydrogen (secondary N) is 1. The lowest BCUT2D eigenvalue weighted by Gasteiger charge is -2.16. The Bertz CT molecular complexity index is 1900. The van der Waals surface area contributed by atoms with Crippen molar-refractivity contribution in [2.75, 3.05) is 12.4 Å². The molecule has 0 heterocycles. The van der Waals surface area contributed by atoms with Crippen molar-refractivity contribution in [3.63, 3.8) is 0 Å². The molecule has 0 fully saturated rings. The molecule has 1 amide bonds. The van der Waals surface area contributed by atoms with Crippen molar-refractivity contribution in [2.45, 2.75) is 13.8 Å². The van der Waals surface area contributed by atoms with Crippen LogP contribution in [0.3, 0.4) is 0 Å². The van der Waals surface area contributed by atoms with Crippen LogP contribution >= 0.6 is 0 Å². The maximum absolute atomic E-state index is 12.4. The summed E-state index contributed by atoms with van der Waals surface area (Å²) >= 11 is 0. The number of carbonyl (C=O) groups is 1. The van der Waals surface area contributed by atoms with Gasteiger partial charge in [0, 0.05) is 29.3 Å². The van der Waals surface area contributed by atoms with Gasteiger partial charge in [0.25, 0.3) is 5.91 Å². The fourth-order valence-corrected chi connectivity index (χ4v) is 5.14. The number of amides is 1. The third-order valence-corrected chi connectivity index (χ3v) is 7.51. The van der Waals surface area contributed by atoms with Crippen molar-refractivity contribution in [3.8, 4) is 22.3 Å². The standard InChI is InChI=1S/C21H20N2O.C20H17NO/c1-16-10-9-15-19(17-11-5-3-6-12-17)20(16)22-21(23(2)24)18-13-7-4-8-14-18;1-15-9-8-14-18(16-10-4-2-5-11-16)19(15)21-20(22)17-12-6-3-7-13-17/h3-15,24H,1-2H3;2-14H,1H3,(H,21,22). The van der Waals surface area contributed by atoms with E-state index >= 15 is 0 Å². The van der Waals surface area contributed by atoms with Crippen molar-refractivity contribution in [2.24, 2.45) is 4.99 Å². The van der Waals surface area contributed by atoms with Crippen molar-refractivity contribution in [3.05, 3.63) is 180 Å². The first-order valence-corrected chi connectivity index (χ1v) is 15.2. The zero-order chi connectivity index (χ0) is 32.3. The Hall–Kier alpha value is -5.78. The zero-order valence-corrected chi connectivity index (χ0v) is 26.3. The third-order valence-electron chi connectivity index (χ3n) is 7.51. The molecule has 0 bridgehead atoms. The molecule has 0 unspecified atom stereocenters. The second kappa shape index (κ2) is 15.3. The summed E-state index contributed by atoms with van der Waals surface area (Å²) in [7, 11) is 1.59. The van der Waals surface area contributed by atoms with Crippen molar-refractivity contribution >= 4 is 23.1 Å². The van der Waals surface area contributed by atoms with Gasteiger partial charge in [-0.05, 0) is 48.2 Å². The predicted molar refractivity (Wildman–Crippen MR) is 190 cm³/mol. The number of nitrogens with zero attached hydrogens (tertiary/aromatic N) is 2. The minimum atomic E-state index is -0.0907. The predicted octanol–water partition coefficient (Wildman–Crippen LogP) is 9.98. The second-order valence-electron chi connectivity index (χ2n) is 10.8. The molecule has 46 heavy (non-hydrogen) atoms. The highest BCUT2D eigenvalue weighted by molar-refractivity contribution is 6.07. The average molecular weight is 604 g/mol. The Morgan fingerprint density at radius 1 is 0.565 bits per heavy atom. The molecule has 0 aliphatic rings. The van der Waals surface area contributed by atoms with Crippen LogP contribution < -0.4 is 5.32 Å². The van der Waals surface area contributed by atoms with E-state index in [-0.39, 0.29) is 5.91 Å². The van der Waals surface area contributed by atoms with Crippen LogP contribution in [-0.4, -0.2) is 29.1 Å². The van der Waals surface area contributed by atoms with E-state index in [9.17, 15) is 10.0 Å². The summed E-state index contributed by atoms with van der Waals surface area (Å²) in [5.41, 5.74) is 9.64. The van der Waals surface area contributed by atoms with Crippen LogP contribution in [0.2, 0.25) is 0 Å². The summed E-state index contributed by atoms with van der Waals surface area (Å²) in [4.78, 5) is 17.2. The fraction of sp³-hybridized carbons (Fsp3) is 0.0732. The van der Waals surface area contributed by atoms with Crippen LogP contribution in [0, 0.1) is 13.8 Å². The SMILES string of the molecule is Cc1cccc(-c2ccccc2)c1N=C(c1ccccc1)N(C)O.Cc1cccc(-c2ccccc2)c1NC(=O)c1ccccc1. The lowest BCUT2D eigenvalue weighted by molar-refractivity contribution is 0.0144. The Morgan fingerprint density at radius 3 is 1.57 bits per heavy atom. The highest BCUT2D eigenvalue weighted by Crippen LogP contribution is 2.34. The number of para-hydroxylation sites is 2. The molecule has 0 atom stereocenters. The number of carbonyl (C=O) groups excluding carboxylic acids is 1. The van der Waals surface area contributed by atoms with Gasteiger partial charge in [-0.1, -0.05) is 146 Å². The second-order valence-corrected chi connectivity index (χ2v) is 10.8. The quantitative estimate of drug-likeness (QED) is 0.113. The molecule has 0 aliphatic carbocycles. The number of benzene rings is 6. The van der Waals surface area contributed by atoms with Crippen molar-refractivity contribution < 1.29 is 10.0 Å². The molecule has 228 valence electrons. The zero-order valence-electron chi connectivity index (χ0n) is 26.3. The summed E-state index contributed by atoms with van der Waals surface area (Å²) in [6, 6.07) is 51.4. The molecule has 6 aromatic rings. The number of hydroxylamine groups is 2. The maximum Gasteiger partial charge on any atom is 0.255 e. The minimum Gasteiger partial charge on any atom is -0.321 e. The number of anilines is 1. The van der Waals surface area contributed by atoms with Crippen LogP contribution in [0.5, 0.6) is 0 Å². The van der Waals surface area contributed by atoms with Crippen LogP contribution in [0.4, 0.5) is 11.4 Å². The molecule has 0 radical (unpaired) electrons. The molecule has 6 rings (SSSR count). The molecular formula is C41H37N3O2. The summed E-state index contributed by atoms with van der Waals surface area (Å²) in [6.07, 6.45) is 0. The van der Waals surface area contributed by atoms with E-state index in [2.05, 4.69) is 23.5 Å². The van der Waals surface area contributed by atoms with E-state index in [0.29, 0.717) is 11.4 Å². The summed E-state index contributed by atoms with van der Waals surface area (Å²) in [6.45, 7) is 4.04. The van der Waals surface area contributed by atoms with E-state index in [1.54, 1.807) is 7.05 Å². The third kappa shape index (κ3) is 7.83. The van der Waals surface area contributed by atoms with Crippen LogP contribution in [0.15, 0.2) is 163 Å². The van der Waals surface area contributed by atoms with E-state index in [0.717, 1.165) is 55.4 Å². The molecule has 5 heteroatoms. The molecule has 0 spiro atoms. The van der Waals surface area contributed by atoms with Gasteiger partial charge in [-0.3, -0.25) is 10.0 Å². The monoisotopic (exact) mass is 603 g/mol. The van der Waals surface area contributed by atoms with Gasteiger partial charge >= 0.3 is 0 Å². The Morgan fingerprint density at radius 2 is 1.02 bits per heavy atom. The van der Waals surface area contributed by atoms with Crippen LogP contribution in [0.1, 0.15) is 27.0 Å². The Kier molecular flexibility index (Phi) is 10.5. The van der Waals surface area contributed by atoms with Gasteiger partial charge in [-0.25, -0.2) is 10.1 Å². The summed E-state index contributed by atoms with van der Waals surface area (Å²) in [5.74, 6) is 0.425. The highest BCUT2D eigenvalue weighted by Gasteiger charge is 2.13. The lowest BCUT2D eigenvalue weighted by Crippen LogP contribution is -2.23. The number of amidine groups is 1. The largest absolute Gasteiger partial charge is 0.321 e. The van der Waals surface area contributed by atoms with Crippen LogP contribution in [0.25, 0.3) is 22.3 Å². The first-order chi connectivity index (χ1) is 22.4. The van der Waals surface area contributed by atoms with E-state index < -0.39 is 0 Å². The van der Waals surface area contributed by atoms with Gasteiger partial charge in [0.05, 0.1) is 11.4 Å². The normalized spacial score (nSPS) is 10.8. The Balaban J connectivity index is 0.000000182. The lowest BCUT2D eigenvalue weighted by atomic mass is 10.0. The molecule has 0 aromatic heterocycles. The average Bonchev–Trinajstić information content (AvgIpc) is 3.10. The van der Waals surface area contributed by atoms with Crippen LogP contribution in [-0.2, 0) is 0 Å². The van der Waals surface area contributed by atoms with Gasteiger partial charge in [-0.15, -0.1) is 0 Å². The number of aryl methyl sites for hydroxylation is 2. The molecule has 2 N–H and O–H groups in total. The van der Waals surface area contributed by atoms with Gasteiger partial charge in [0.15, 0.2) is 5.84 Å². The fourth-order valence-electron chi connectivity index (χ4n) is 5.14. The molecule has 5 nitrogen and oxygen atoms in total. The smallest absolute Gasteiger partial charge is 0.255 e. The summed E-state index contributed by atoms with van der Waals surface area (Å²) in [5, 5.41) is 14.2. The first kappa shape index (κ1) is 31.6. The highest BCUT2D eigenvalue weighted by atomic mass is 16.5. The van der Waals surface area contributed by atoms with E-state index in [4.69, 9.17) is 4.99 Å². The molecule has 0 aliphatic heterocycles. The van der Waals surface area contributed by atoms with Gasteiger partial charge in [0.1, 0.15) is 0 Å². The van der Waals surface area contributed by atoms with Gasteiger partial charge in [-0.2, -0.15) is 0 Å². The number of aliphatic imine (C=N–C) groups is 1. The molecule has 6 aromatic carbocycles. The molecule has 0 saturated heterocycles. The van der Waals surface area contributed by atoms with Crippen molar-refractivity contribution in [1.82, 2.24) is 5.06 Å². The minimum absolute atomic E-state index is 0.0907.